The molecule has 5 heteroatoms. The number of rotatable bonds is 0. The second kappa shape index (κ2) is 6.45. The van der Waals surface area contributed by atoms with E-state index in [1.54, 1.807) is 0 Å². The summed E-state index contributed by atoms with van der Waals surface area (Å²) in [4.78, 5) is 19.8. The van der Waals surface area contributed by atoms with Gasteiger partial charge in [-0.25, -0.2) is 4.79 Å². The minimum absolute atomic E-state index is 0.0463. The van der Waals surface area contributed by atoms with E-state index >= 15 is 0 Å². The number of cyclic esters (lactones) is 1. The van der Waals surface area contributed by atoms with E-state index < -0.39 is 6.16 Å². The van der Waals surface area contributed by atoms with Crippen LogP contribution in [0.25, 0.3) is 0 Å². The van der Waals surface area contributed by atoms with E-state index in [4.69, 9.17) is 0 Å². The van der Waals surface area contributed by atoms with Crippen molar-refractivity contribution in [1.29, 1.82) is 0 Å². The van der Waals surface area contributed by atoms with Gasteiger partial charge in [0.1, 0.15) is 0 Å². The van der Waals surface area contributed by atoms with Gasteiger partial charge < -0.3 is 14.2 Å². The number of carbonyl (C=O) groups is 2. The normalized spacial score (nSPS) is 14.0. The molecule has 1 heterocycles. The van der Waals surface area contributed by atoms with E-state index in [1.165, 1.54) is 14.2 Å². The Morgan fingerprint density at radius 2 is 2.00 bits per heavy atom. The third kappa shape index (κ3) is 5.52. The maximum Gasteiger partial charge on any atom is 0.507 e. The Labute approximate surface area is 70.6 Å². The highest BCUT2D eigenvalue weighted by atomic mass is 16.7. The Hall–Kier alpha value is -1.26. The Morgan fingerprint density at radius 1 is 1.42 bits per heavy atom. The van der Waals surface area contributed by atoms with Gasteiger partial charge in [-0.3, -0.25) is 4.79 Å². The monoisotopic (exact) mass is 176 g/mol. The SMILES string of the molecule is COC(=O)OC.O=C1CCCO1. The fraction of sp³-hybridized carbons (Fsp3) is 0.714. The highest BCUT2D eigenvalue weighted by Crippen LogP contribution is 2.01. The van der Waals surface area contributed by atoms with Crippen molar-refractivity contribution in [3.63, 3.8) is 0 Å². The minimum atomic E-state index is -0.657. The zero-order valence-electron chi connectivity index (χ0n) is 7.16. The van der Waals surface area contributed by atoms with E-state index in [9.17, 15) is 9.59 Å². The van der Waals surface area contributed by atoms with Gasteiger partial charge in [-0.05, 0) is 6.42 Å². The maximum atomic E-state index is 10.0. The molecule has 1 saturated heterocycles. The quantitative estimate of drug-likeness (QED) is 0.509. The van der Waals surface area contributed by atoms with E-state index in [2.05, 4.69) is 14.2 Å². The number of methoxy groups -OCH3 is 2. The van der Waals surface area contributed by atoms with Crippen molar-refractivity contribution in [3.8, 4) is 0 Å². The van der Waals surface area contributed by atoms with E-state index in [-0.39, 0.29) is 5.97 Å². The van der Waals surface area contributed by atoms with Crippen LogP contribution >= 0.6 is 0 Å². The van der Waals surface area contributed by atoms with Crippen molar-refractivity contribution in [3.05, 3.63) is 0 Å². The van der Waals surface area contributed by atoms with Crippen LogP contribution in [0, 0.1) is 0 Å². The molecule has 1 aliphatic rings. The fourth-order valence-corrected chi connectivity index (χ4v) is 0.558. The lowest BCUT2D eigenvalue weighted by atomic mass is 10.4. The van der Waals surface area contributed by atoms with Crippen LogP contribution in [0.1, 0.15) is 12.8 Å². The minimum Gasteiger partial charge on any atom is -0.466 e. The largest absolute Gasteiger partial charge is 0.507 e. The molecule has 0 radical (unpaired) electrons. The third-order valence-corrected chi connectivity index (χ3v) is 1.12. The van der Waals surface area contributed by atoms with Gasteiger partial charge in [-0.15, -0.1) is 0 Å². The van der Waals surface area contributed by atoms with Crippen molar-refractivity contribution in [2.75, 3.05) is 20.8 Å². The predicted molar refractivity (Wildman–Crippen MR) is 39.6 cm³/mol. The number of carbonyl (C=O) groups excluding carboxylic acids is 2. The van der Waals surface area contributed by atoms with Crippen molar-refractivity contribution in [1.82, 2.24) is 0 Å². The summed E-state index contributed by atoms with van der Waals surface area (Å²) in [7, 11) is 2.51. The summed E-state index contributed by atoms with van der Waals surface area (Å²) in [5.41, 5.74) is 0. The molecular weight excluding hydrogens is 164 g/mol. The molecule has 0 spiro atoms. The maximum absolute atomic E-state index is 10.0. The summed E-state index contributed by atoms with van der Waals surface area (Å²) in [6, 6.07) is 0. The molecule has 1 rings (SSSR count). The summed E-state index contributed by atoms with van der Waals surface area (Å²) in [6.07, 6.45) is 0.883. The first-order valence-electron chi connectivity index (χ1n) is 3.48. The molecular formula is C7H12O5. The Kier molecular flexibility index (Phi) is 5.77. The first-order valence-corrected chi connectivity index (χ1v) is 3.48. The highest BCUT2D eigenvalue weighted by Gasteiger charge is 2.08. The van der Waals surface area contributed by atoms with Crippen LogP contribution in [0.2, 0.25) is 0 Å². The van der Waals surface area contributed by atoms with Gasteiger partial charge in [0.25, 0.3) is 0 Å². The Bertz CT molecular complexity index is 138. The molecule has 1 fully saturated rings. The molecule has 0 unspecified atom stereocenters. The molecule has 1 aliphatic heterocycles. The molecule has 0 aromatic carbocycles. The van der Waals surface area contributed by atoms with Gasteiger partial charge in [0.15, 0.2) is 0 Å². The van der Waals surface area contributed by atoms with Gasteiger partial charge in [0.05, 0.1) is 20.8 Å². The summed E-state index contributed by atoms with van der Waals surface area (Å²) < 4.78 is 12.6. The lowest BCUT2D eigenvalue weighted by molar-refractivity contribution is -0.137. The van der Waals surface area contributed by atoms with Gasteiger partial charge in [0, 0.05) is 6.42 Å². The van der Waals surface area contributed by atoms with Gasteiger partial charge in [-0.2, -0.15) is 0 Å². The standard InChI is InChI=1S/C4H6O2.C3H6O3/c5-4-2-1-3-6-4;1-5-3(4)6-2/h1-3H2;1-2H3. The van der Waals surface area contributed by atoms with E-state index in [0.717, 1.165) is 6.42 Å². The number of hydrogen-bond acceptors (Lipinski definition) is 5. The molecule has 0 aromatic rings. The van der Waals surface area contributed by atoms with Crippen LogP contribution in [0.5, 0.6) is 0 Å². The van der Waals surface area contributed by atoms with Crippen LogP contribution in [0.3, 0.4) is 0 Å². The average molecular weight is 176 g/mol. The molecule has 0 bridgehead atoms. The smallest absolute Gasteiger partial charge is 0.466 e. The number of ether oxygens (including phenoxy) is 3. The van der Waals surface area contributed by atoms with Gasteiger partial charge in [0.2, 0.25) is 0 Å². The van der Waals surface area contributed by atoms with Gasteiger partial charge in [-0.1, -0.05) is 0 Å². The van der Waals surface area contributed by atoms with Crippen LogP contribution in [0.15, 0.2) is 0 Å². The fourth-order valence-electron chi connectivity index (χ4n) is 0.558. The zero-order valence-corrected chi connectivity index (χ0v) is 7.16. The van der Waals surface area contributed by atoms with Crippen LogP contribution in [-0.2, 0) is 19.0 Å². The second-order valence-corrected chi connectivity index (χ2v) is 1.98. The molecule has 0 amide bonds. The number of hydrogen-bond donors (Lipinski definition) is 0. The van der Waals surface area contributed by atoms with Crippen LogP contribution in [-0.4, -0.2) is 33.0 Å². The summed E-state index contributed by atoms with van der Waals surface area (Å²) >= 11 is 0. The lowest BCUT2D eigenvalue weighted by Crippen LogP contribution is -1.97. The van der Waals surface area contributed by atoms with Crippen molar-refractivity contribution < 1.29 is 23.8 Å². The highest BCUT2D eigenvalue weighted by molar-refractivity contribution is 5.70. The molecule has 5 nitrogen and oxygen atoms in total. The lowest BCUT2D eigenvalue weighted by Gasteiger charge is -1.89. The zero-order chi connectivity index (χ0) is 9.40. The van der Waals surface area contributed by atoms with Gasteiger partial charge >= 0.3 is 12.1 Å². The molecule has 0 aromatic heterocycles. The first-order chi connectivity index (χ1) is 5.70. The van der Waals surface area contributed by atoms with Crippen molar-refractivity contribution in [2.24, 2.45) is 0 Å². The third-order valence-electron chi connectivity index (χ3n) is 1.12. The van der Waals surface area contributed by atoms with E-state index in [0.29, 0.717) is 13.0 Å². The molecule has 70 valence electrons. The Morgan fingerprint density at radius 3 is 2.08 bits per heavy atom. The molecule has 0 N–H and O–H groups in total. The Balaban J connectivity index is 0.000000202. The number of esters is 1. The van der Waals surface area contributed by atoms with Crippen molar-refractivity contribution in [2.45, 2.75) is 12.8 Å². The van der Waals surface area contributed by atoms with Crippen molar-refractivity contribution >= 4 is 12.1 Å². The first kappa shape index (κ1) is 10.7. The molecule has 12 heavy (non-hydrogen) atoms. The average Bonchev–Trinajstić information content (AvgIpc) is 2.55. The van der Waals surface area contributed by atoms with Crippen LogP contribution < -0.4 is 0 Å². The topological polar surface area (TPSA) is 61.8 Å². The molecule has 0 saturated carbocycles. The molecule has 0 aliphatic carbocycles. The molecule has 0 atom stereocenters. The summed E-state index contributed by atoms with van der Waals surface area (Å²) in [5, 5.41) is 0. The summed E-state index contributed by atoms with van der Waals surface area (Å²) in [6.45, 7) is 0.638. The van der Waals surface area contributed by atoms with Crippen LogP contribution in [0.4, 0.5) is 4.79 Å². The van der Waals surface area contributed by atoms with E-state index in [1.807, 2.05) is 0 Å². The predicted octanol–water partition coefficient (Wildman–Crippen LogP) is 0.723. The second-order valence-electron chi connectivity index (χ2n) is 1.98. The summed E-state index contributed by atoms with van der Waals surface area (Å²) in [5.74, 6) is -0.0463.